The smallest absolute Gasteiger partial charge is 0.355 e. The number of benzene rings is 3. The number of H-pyrrole nitrogens is 1. The summed E-state index contributed by atoms with van der Waals surface area (Å²) in [6.45, 7) is 7.79. The quantitative estimate of drug-likeness (QED) is 0.148. The number of hydrogen-bond acceptors (Lipinski definition) is 4. The molecule has 0 unspecified atom stereocenters. The number of carbonyl (C=O) groups is 1. The molecule has 6 rings (SSSR count). The van der Waals surface area contributed by atoms with Crippen molar-refractivity contribution in [2.75, 3.05) is 13.2 Å². The number of aromatic nitrogens is 3. The Balaban J connectivity index is 1.36. The van der Waals surface area contributed by atoms with Crippen LogP contribution in [0.15, 0.2) is 48.5 Å². The molecule has 3 aromatic carbocycles. The summed E-state index contributed by atoms with van der Waals surface area (Å²) in [6.07, 6.45) is 4.26. The van der Waals surface area contributed by atoms with Crippen LogP contribution in [0.2, 0.25) is 5.02 Å². The third-order valence-electron chi connectivity index (χ3n) is 7.81. The summed E-state index contributed by atoms with van der Waals surface area (Å²) in [5, 5.41) is 8.80. The first-order valence-electron chi connectivity index (χ1n) is 14.2. The van der Waals surface area contributed by atoms with Gasteiger partial charge in [0, 0.05) is 34.1 Å². The average molecular weight is 556 g/mol. The van der Waals surface area contributed by atoms with Crippen molar-refractivity contribution in [3.63, 3.8) is 0 Å². The van der Waals surface area contributed by atoms with Gasteiger partial charge in [0.15, 0.2) is 0 Å². The normalized spacial score (nSPS) is 12.8. The van der Waals surface area contributed by atoms with Crippen LogP contribution in [0.3, 0.4) is 0 Å². The predicted molar refractivity (Wildman–Crippen MR) is 161 cm³/mol. The van der Waals surface area contributed by atoms with Gasteiger partial charge in [-0.15, -0.1) is 0 Å². The molecule has 0 bridgehead atoms. The zero-order valence-corrected chi connectivity index (χ0v) is 24.0. The molecule has 0 amide bonds. The van der Waals surface area contributed by atoms with E-state index in [0.29, 0.717) is 30.4 Å². The fraction of sp³-hybridized carbons (Fsp3) is 0.333. The van der Waals surface area contributed by atoms with Crippen LogP contribution >= 0.6 is 11.6 Å². The Hall–Kier alpha value is -3.77. The number of aromatic amines is 1. The number of nitrogens with zero attached hydrogens (tertiary/aromatic N) is 2. The van der Waals surface area contributed by atoms with Crippen molar-refractivity contribution in [3.8, 4) is 16.9 Å². The van der Waals surface area contributed by atoms with Gasteiger partial charge in [-0.05, 0) is 74.6 Å². The molecule has 206 valence electrons. The lowest BCUT2D eigenvalue weighted by molar-refractivity contribution is 0.0519. The lowest BCUT2D eigenvalue weighted by Gasteiger charge is -2.11. The number of carbonyl (C=O) groups excluding carboxylic acids is 1. The first-order chi connectivity index (χ1) is 19.5. The van der Waals surface area contributed by atoms with E-state index >= 15 is 0 Å². The van der Waals surface area contributed by atoms with E-state index in [1.54, 1.807) is 0 Å². The third kappa shape index (κ3) is 4.64. The van der Waals surface area contributed by atoms with E-state index in [1.807, 2.05) is 31.2 Å². The number of esters is 1. The summed E-state index contributed by atoms with van der Waals surface area (Å²) in [6, 6.07) is 16.5. The molecule has 0 atom stereocenters. The van der Waals surface area contributed by atoms with Crippen molar-refractivity contribution in [3.05, 3.63) is 81.8 Å². The number of rotatable bonds is 9. The summed E-state index contributed by atoms with van der Waals surface area (Å²) < 4.78 is 13.9. The predicted octanol–water partition coefficient (Wildman–Crippen LogP) is 7.84. The Morgan fingerprint density at radius 3 is 2.77 bits per heavy atom. The molecule has 0 fully saturated rings. The Morgan fingerprint density at radius 1 is 1.10 bits per heavy atom. The van der Waals surface area contributed by atoms with Crippen molar-refractivity contribution in [2.45, 2.75) is 59.4 Å². The molecule has 0 spiro atoms. The lowest BCUT2D eigenvalue weighted by Crippen LogP contribution is -2.09. The molecule has 6 nitrogen and oxygen atoms in total. The monoisotopic (exact) mass is 555 g/mol. The van der Waals surface area contributed by atoms with Crippen LogP contribution < -0.4 is 4.74 Å². The third-order valence-corrected chi connectivity index (χ3v) is 8.12. The largest absolute Gasteiger partial charge is 0.493 e. The highest BCUT2D eigenvalue weighted by Crippen LogP contribution is 2.42. The minimum atomic E-state index is -0.350. The zero-order chi connectivity index (χ0) is 27.8. The molecule has 0 radical (unpaired) electrons. The van der Waals surface area contributed by atoms with Gasteiger partial charge < -0.3 is 14.5 Å². The lowest BCUT2D eigenvalue weighted by atomic mass is 9.96. The Kier molecular flexibility index (Phi) is 7.28. The van der Waals surface area contributed by atoms with E-state index in [0.717, 1.165) is 82.2 Å². The van der Waals surface area contributed by atoms with Gasteiger partial charge in [-0.25, -0.2) is 4.79 Å². The van der Waals surface area contributed by atoms with Gasteiger partial charge in [0.05, 0.1) is 29.4 Å². The van der Waals surface area contributed by atoms with Gasteiger partial charge in [0.1, 0.15) is 11.4 Å². The van der Waals surface area contributed by atoms with Crippen LogP contribution in [0, 0.1) is 6.92 Å². The van der Waals surface area contributed by atoms with Crippen LogP contribution in [0.1, 0.15) is 59.7 Å². The Bertz CT molecular complexity index is 1730. The maximum atomic E-state index is 13.1. The van der Waals surface area contributed by atoms with Crippen molar-refractivity contribution in [1.29, 1.82) is 0 Å². The van der Waals surface area contributed by atoms with Gasteiger partial charge >= 0.3 is 5.97 Å². The summed E-state index contributed by atoms with van der Waals surface area (Å²) in [5.74, 6) is 0.536. The number of fused-ring (bicyclic) bond motifs is 3. The molecule has 2 aromatic heterocycles. The highest BCUT2D eigenvalue weighted by Gasteiger charge is 2.28. The van der Waals surface area contributed by atoms with Gasteiger partial charge in [-0.2, -0.15) is 5.10 Å². The van der Waals surface area contributed by atoms with Crippen LogP contribution in [0.25, 0.3) is 32.8 Å². The molecule has 0 saturated carbocycles. The topological polar surface area (TPSA) is 69.1 Å². The maximum absolute atomic E-state index is 13.1. The molecule has 7 heteroatoms. The van der Waals surface area contributed by atoms with Crippen LogP contribution in [0.4, 0.5) is 0 Å². The SMILES string of the molecule is CCOC(=O)c1[nH]c2c(-c3c(CC)nn4c3CCC4)c(Cl)ccc2c1CCCOc1cc(C)cc2ccccc12. The van der Waals surface area contributed by atoms with E-state index in [4.69, 9.17) is 26.2 Å². The van der Waals surface area contributed by atoms with Gasteiger partial charge in [-0.3, -0.25) is 4.68 Å². The fourth-order valence-corrected chi connectivity index (χ4v) is 6.32. The number of nitrogens with one attached hydrogen (secondary N) is 1. The van der Waals surface area contributed by atoms with Gasteiger partial charge in [0.2, 0.25) is 0 Å². The molecular weight excluding hydrogens is 522 g/mol. The molecule has 1 aliphatic rings. The molecule has 5 aromatic rings. The molecule has 40 heavy (non-hydrogen) atoms. The van der Waals surface area contributed by atoms with Gasteiger partial charge in [0.25, 0.3) is 0 Å². The first kappa shape index (κ1) is 26.5. The van der Waals surface area contributed by atoms with E-state index in [-0.39, 0.29) is 5.97 Å². The molecule has 3 heterocycles. The van der Waals surface area contributed by atoms with E-state index in [2.05, 4.69) is 47.8 Å². The zero-order valence-electron chi connectivity index (χ0n) is 23.3. The molecular formula is C33H34ClN3O3. The summed E-state index contributed by atoms with van der Waals surface area (Å²) in [7, 11) is 0. The summed E-state index contributed by atoms with van der Waals surface area (Å²) >= 11 is 6.89. The van der Waals surface area contributed by atoms with Crippen molar-refractivity contribution < 1.29 is 14.3 Å². The van der Waals surface area contributed by atoms with Gasteiger partial charge in [-0.1, -0.05) is 54.9 Å². The molecule has 0 aliphatic carbocycles. The first-order valence-corrected chi connectivity index (χ1v) is 14.6. The van der Waals surface area contributed by atoms with Crippen molar-refractivity contribution in [2.24, 2.45) is 0 Å². The summed E-state index contributed by atoms with van der Waals surface area (Å²) in [5.41, 5.74) is 7.75. The average Bonchev–Trinajstić information content (AvgIpc) is 3.64. The van der Waals surface area contributed by atoms with E-state index in [1.165, 1.54) is 11.1 Å². The minimum absolute atomic E-state index is 0.307. The second-order valence-electron chi connectivity index (χ2n) is 10.4. The molecule has 1 N–H and O–H groups in total. The minimum Gasteiger partial charge on any atom is -0.493 e. The number of hydrogen-bond donors (Lipinski definition) is 1. The molecule has 0 saturated heterocycles. The van der Waals surface area contributed by atoms with Crippen molar-refractivity contribution in [1.82, 2.24) is 14.8 Å². The maximum Gasteiger partial charge on any atom is 0.355 e. The van der Waals surface area contributed by atoms with Crippen LogP contribution in [0.5, 0.6) is 5.75 Å². The van der Waals surface area contributed by atoms with E-state index < -0.39 is 0 Å². The molecule has 1 aliphatic heterocycles. The highest BCUT2D eigenvalue weighted by molar-refractivity contribution is 6.35. The van der Waals surface area contributed by atoms with Crippen LogP contribution in [-0.4, -0.2) is 33.9 Å². The second-order valence-corrected chi connectivity index (χ2v) is 10.8. The number of aryl methyl sites for hydroxylation is 4. The number of halogens is 1. The Labute approximate surface area is 239 Å². The fourth-order valence-electron chi connectivity index (χ4n) is 6.07. The number of ether oxygens (including phenoxy) is 2. The second kappa shape index (κ2) is 11.0. The van der Waals surface area contributed by atoms with Crippen LogP contribution in [-0.2, 0) is 30.5 Å². The van der Waals surface area contributed by atoms with E-state index in [9.17, 15) is 4.79 Å². The summed E-state index contributed by atoms with van der Waals surface area (Å²) in [4.78, 5) is 16.6. The Morgan fingerprint density at radius 2 is 1.95 bits per heavy atom. The van der Waals surface area contributed by atoms with Crippen molar-refractivity contribution >= 4 is 39.2 Å². The highest BCUT2D eigenvalue weighted by atomic mass is 35.5. The standard InChI is InChI=1S/C33H34ClN3O3/c1-4-26-30(27-13-8-16-37(27)36-26)29-25(34)15-14-24-23(32(35-31(24)29)33(38)39-5-2)12-9-17-40-28-19-20(3)18-21-10-6-7-11-22(21)28/h6-7,10-11,14-15,18-19,35H,4-5,8-9,12-13,16-17H2,1-3H3.